The molecule has 0 unspecified atom stereocenters. The van der Waals surface area contributed by atoms with E-state index in [4.69, 9.17) is 42.1 Å². The van der Waals surface area contributed by atoms with Crippen molar-refractivity contribution in [2.24, 2.45) is 0 Å². The summed E-state index contributed by atoms with van der Waals surface area (Å²) in [5.41, 5.74) is 1.36. The number of amides is 1. The molecule has 0 saturated heterocycles. The first kappa shape index (κ1) is 35.4. The molecule has 1 amide bonds. The molecular formula is C33H36Cl2N2O8. The van der Waals surface area contributed by atoms with Crippen molar-refractivity contribution in [1.82, 2.24) is 10.6 Å². The molecule has 45 heavy (non-hydrogen) atoms. The van der Waals surface area contributed by atoms with Crippen LogP contribution in [-0.2, 0) is 36.9 Å². The zero-order valence-corrected chi connectivity index (χ0v) is 26.6. The van der Waals surface area contributed by atoms with Gasteiger partial charge in [-0.15, -0.1) is 0 Å². The predicted octanol–water partition coefficient (Wildman–Crippen LogP) is 5.31. The van der Waals surface area contributed by atoms with Crippen molar-refractivity contribution in [3.8, 4) is 11.5 Å². The highest BCUT2D eigenvalue weighted by Crippen LogP contribution is 2.43. The lowest BCUT2D eigenvalue weighted by molar-refractivity contribution is -0.148. The van der Waals surface area contributed by atoms with Crippen LogP contribution in [0.25, 0.3) is 0 Å². The molecule has 0 heterocycles. The van der Waals surface area contributed by atoms with E-state index in [1.165, 1.54) is 13.2 Å². The number of rotatable bonds is 17. The molecule has 3 aromatic carbocycles. The maximum Gasteiger partial charge on any atom is 0.328 e. The lowest BCUT2D eigenvalue weighted by atomic mass is 10.1. The number of ether oxygens (including phenoxy) is 4. The minimum absolute atomic E-state index is 0.000678. The highest BCUT2D eigenvalue weighted by Gasteiger charge is 2.29. The summed E-state index contributed by atoms with van der Waals surface area (Å²) in [7, 11) is 3.05. The van der Waals surface area contributed by atoms with E-state index >= 15 is 0 Å². The number of carbonyl (C=O) groups is 4. The van der Waals surface area contributed by atoms with E-state index in [0.29, 0.717) is 6.42 Å². The minimum atomic E-state index is -1.08. The molecule has 2 N–H and O–H groups in total. The highest BCUT2D eigenvalue weighted by molar-refractivity contribution is 6.39. The molecule has 3 rings (SSSR count). The first-order valence-electron chi connectivity index (χ1n) is 14.4. The van der Waals surface area contributed by atoms with Gasteiger partial charge in [-0.25, -0.2) is 4.79 Å². The molecular weight excluding hydrogens is 623 g/mol. The summed E-state index contributed by atoms with van der Waals surface area (Å²) in [5.74, 6) is -3.23. The number of nitrogens with one attached hydrogen (secondary N) is 2. The van der Waals surface area contributed by atoms with E-state index in [1.54, 1.807) is 24.3 Å². The second kappa shape index (κ2) is 18.6. The van der Waals surface area contributed by atoms with Gasteiger partial charge in [0.25, 0.3) is 5.91 Å². The van der Waals surface area contributed by atoms with Crippen LogP contribution < -0.4 is 20.1 Å². The predicted molar refractivity (Wildman–Crippen MR) is 170 cm³/mol. The Morgan fingerprint density at radius 3 is 2.13 bits per heavy atom. The normalized spacial score (nSPS) is 11.3. The van der Waals surface area contributed by atoms with E-state index in [0.717, 1.165) is 24.1 Å². The van der Waals surface area contributed by atoms with E-state index in [2.05, 4.69) is 10.6 Å². The van der Waals surface area contributed by atoms with Crippen LogP contribution in [0, 0.1) is 0 Å². The van der Waals surface area contributed by atoms with E-state index in [-0.39, 0.29) is 59.6 Å². The second-order valence-corrected chi connectivity index (χ2v) is 10.7. The van der Waals surface area contributed by atoms with Crippen LogP contribution in [0.15, 0.2) is 66.7 Å². The van der Waals surface area contributed by atoms with E-state index < -0.39 is 29.9 Å². The quantitative estimate of drug-likeness (QED) is 0.113. The van der Waals surface area contributed by atoms with Gasteiger partial charge in [-0.1, -0.05) is 83.9 Å². The van der Waals surface area contributed by atoms with Gasteiger partial charge in [-0.05, 0) is 43.6 Å². The molecule has 0 spiro atoms. The van der Waals surface area contributed by atoms with Gasteiger partial charge in [0.1, 0.15) is 17.7 Å². The van der Waals surface area contributed by atoms with Gasteiger partial charge in [0.05, 0.1) is 37.1 Å². The fourth-order valence-electron chi connectivity index (χ4n) is 4.16. The molecule has 0 aliphatic carbocycles. The average molecular weight is 660 g/mol. The lowest BCUT2D eigenvalue weighted by Gasteiger charge is -2.20. The topological polar surface area (TPSA) is 129 Å². The summed E-state index contributed by atoms with van der Waals surface area (Å²) in [5, 5.41) is 5.46. The maximum absolute atomic E-state index is 13.6. The monoisotopic (exact) mass is 658 g/mol. The van der Waals surface area contributed by atoms with Gasteiger partial charge >= 0.3 is 17.9 Å². The smallest absolute Gasteiger partial charge is 0.328 e. The second-order valence-electron chi connectivity index (χ2n) is 9.90. The van der Waals surface area contributed by atoms with Gasteiger partial charge in [0.15, 0.2) is 11.5 Å². The van der Waals surface area contributed by atoms with Crippen molar-refractivity contribution in [1.29, 1.82) is 0 Å². The van der Waals surface area contributed by atoms with Crippen LogP contribution in [0.3, 0.4) is 0 Å². The number of carbonyl (C=O) groups excluding carboxylic acids is 4. The SMILES string of the molecule is CNCCCCOc1c(Cl)cc(C(=O)N[C@@H](Cc2ccccc2)C(=O)OC)c(OC(=O)CCC(=O)OCc2ccccc2)c1Cl. The number of hydrogen-bond donors (Lipinski definition) is 2. The van der Waals surface area contributed by atoms with Crippen molar-refractivity contribution >= 4 is 47.0 Å². The summed E-state index contributed by atoms with van der Waals surface area (Å²) in [6.07, 6.45) is 1.01. The van der Waals surface area contributed by atoms with Gasteiger partial charge < -0.3 is 29.6 Å². The molecule has 0 aromatic heterocycles. The third-order valence-electron chi connectivity index (χ3n) is 6.51. The highest BCUT2D eigenvalue weighted by atomic mass is 35.5. The number of halogens is 2. The Morgan fingerprint density at radius 2 is 1.49 bits per heavy atom. The van der Waals surface area contributed by atoms with Crippen molar-refractivity contribution in [3.63, 3.8) is 0 Å². The first-order chi connectivity index (χ1) is 21.7. The summed E-state index contributed by atoms with van der Waals surface area (Å²) < 4.78 is 21.5. The third kappa shape index (κ3) is 11.4. The molecule has 10 nitrogen and oxygen atoms in total. The Morgan fingerprint density at radius 1 is 0.844 bits per heavy atom. The fourth-order valence-corrected chi connectivity index (χ4v) is 4.77. The standard InChI is InChI=1S/C33H36Cl2N2O8/c1-36-17-9-10-18-43-31-25(34)20-24(32(40)37-26(33(41)42-2)19-22-11-5-3-6-12-22)30(29(31)35)45-28(39)16-15-27(38)44-21-23-13-7-4-8-14-23/h3-8,11-14,20,26,36H,9-10,15-19,21H2,1-2H3,(H,37,40)/t26-/m0/s1. The molecule has 1 atom stereocenters. The Hall–Kier alpha value is -4.12. The zero-order chi connectivity index (χ0) is 32.6. The molecule has 12 heteroatoms. The summed E-state index contributed by atoms with van der Waals surface area (Å²) >= 11 is 13.1. The number of benzene rings is 3. The number of hydrogen-bond acceptors (Lipinski definition) is 9. The molecule has 240 valence electrons. The van der Waals surface area contributed by atoms with Crippen LogP contribution in [0.1, 0.15) is 47.2 Å². The van der Waals surface area contributed by atoms with Crippen molar-refractivity contribution < 1.29 is 38.1 Å². The first-order valence-corrected chi connectivity index (χ1v) is 15.1. The summed E-state index contributed by atoms with van der Waals surface area (Å²) in [6.45, 7) is 1.10. The van der Waals surface area contributed by atoms with Crippen molar-refractivity contribution in [2.75, 3.05) is 27.3 Å². The van der Waals surface area contributed by atoms with Crippen LogP contribution in [0.5, 0.6) is 11.5 Å². The van der Waals surface area contributed by atoms with Crippen molar-refractivity contribution in [2.45, 2.75) is 44.8 Å². The molecule has 0 aliphatic heterocycles. The Bertz CT molecular complexity index is 1440. The van der Waals surface area contributed by atoms with Crippen LogP contribution in [0.2, 0.25) is 10.0 Å². The zero-order valence-electron chi connectivity index (χ0n) is 25.1. The van der Waals surface area contributed by atoms with Gasteiger partial charge in [0.2, 0.25) is 0 Å². The molecule has 0 aliphatic rings. The molecule has 0 saturated carbocycles. The van der Waals surface area contributed by atoms with Gasteiger partial charge in [0, 0.05) is 6.42 Å². The van der Waals surface area contributed by atoms with Crippen LogP contribution >= 0.6 is 23.2 Å². The molecule has 0 fully saturated rings. The number of esters is 3. The maximum atomic E-state index is 13.6. The van der Waals surface area contributed by atoms with Crippen LogP contribution in [-0.4, -0.2) is 57.2 Å². The number of unbranched alkanes of at least 4 members (excludes halogenated alkanes) is 1. The molecule has 0 radical (unpaired) electrons. The van der Waals surface area contributed by atoms with E-state index in [9.17, 15) is 19.2 Å². The van der Waals surface area contributed by atoms with Crippen LogP contribution in [0.4, 0.5) is 0 Å². The largest absolute Gasteiger partial charge is 0.490 e. The Balaban J connectivity index is 1.80. The number of methoxy groups -OCH3 is 1. The Labute approximate surface area is 272 Å². The average Bonchev–Trinajstić information content (AvgIpc) is 3.05. The lowest BCUT2D eigenvalue weighted by Crippen LogP contribution is -2.43. The summed E-state index contributed by atoms with van der Waals surface area (Å²) in [4.78, 5) is 51.3. The minimum Gasteiger partial charge on any atom is -0.490 e. The van der Waals surface area contributed by atoms with E-state index in [1.807, 2.05) is 43.4 Å². The fraction of sp³-hybridized carbons (Fsp3) is 0.333. The van der Waals surface area contributed by atoms with Gasteiger partial charge in [-0.2, -0.15) is 0 Å². The van der Waals surface area contributed by atoms with Crippen molar-refractivity contribution in [3.05, 3.63) is 93.5 Å². The third-order valence-corrected chi connectivity index (χ3v) is 7.13. The van der Waals surface area contributed by atoms with Gasteiger partial charge in [-0.3, -0.25) is 14.4 Å². The summed E-state index contributed by atoms with van der Waals surface area (Å²) in [6, 6.07) is 18.3. The Kier molecular flexibility index (Phi) is 14.6. The molecule has 0 bridgehead atoms. The molecule has 3 aromatic rings.